The lowest BCUT2D eigenvalue weighted by Crippen LogP contribution is -2.32. The molecule has 108 valence electrons. The average molecular weight is 318 g/mol. The van der Waals surface area contributed by atoms with Gasteiger partial charge in [0, 0.05) is 16.8 Å². The molecule has 3 rings (SSSR count). The molecule has 0 aliphatic heterocycles. The van der Waals surface area contributed by atoms with E-state index in [-0.39, 0.29) is 12.6 Å². The first-order chi connectivity index (χ1) is 10.2. The van der Waals surface area contributed by atoms with Crippen LogP contribution in [0.15, 0.2) is 47.2 Å². The third-order valence-corrected chi connectivity index (χ3v) is 4.85. The lowest BCUT2D eigenvalue weighted by molar-refractivity contribution is 0.177. The minimum Gasteiger partial charge on any atom is -0.387 e. The van der Waals surface area contributed by atoms with Gasteiger partial charge in [0.1, 0.15) is 0 Å². The third-order valence-electron chi connectivity index (χ3n) is 3.08. The number of carbonyl (C=O) groups excluding carboxylic acids is 1. The molecule has 0 aliphatic rings. The second-order valence-electron chi connectivity index (χ2n) is 4.52. The monoisotopic (exact) mass is 318 g/mol. The van der Waals surface area contributed by atoms with Gasteiger partial charge in [0.05, 0.1) is 11.1 Å². The lowest BCUT2D eigenvalue weighted by atomic mass is 10.1. The van der Waals surface area contributed by atoms with Crippen molar-refractivity contribution in [2.75, 3.05) is 11.9 Å². The topological polar surface area (TPSA) is 61.4 Å². The van der Waals surface area contributed by atoms with Crippen LogP contribution < -0.4 is 10.6 Å². The second-order valence-corrected chi connectivity index (χ2v) is 6.37. The van der Waals surface area contributed by atoms with Crippen molar-refractivity contribution in [1.82, 2.24) is 5.32 Å². The molecule has 0 spiro atoms. The van der Waals surface area contributed by atoms with Gasteiger partial charge in [-0.15, -0.1) is 22.7 Å². The van der Waals surface area contributed by atoms with E-state index in [4.69, 9.17) is 0 Å². The Morgan fingerprint density at radius 3 is 2.86 bits per heavy atom. The third kappa shape index (κ3) is 3.24. The molecule has 3 N–H and O–H groups in total. The molecule has 1 unspecified atom stereocenters. The van der Waals surface area contributed by atoms with Crippen molar-refractivity contribution >= 4 is 43.8 Å². The predicted molar refractivity (Wildman–Crippen MR) is 88.1 cm³/mol. The Hall–Kier alpha value is -1.89. The first-order valence-corrected chi connectivity index (χ1v) is 8.22. The van der Waals surface area contributed by atoms with Gasteiger partial charge in [0.2, 0.25) is 0 Å². The van der Waals surface area contributed by atoms with Crippen LogP contribution in [-0.2, 0) is 0 Å². The maximum Gasteiger partial charge on any atom is 0.319 e. The molecule has 0 bridgehead atoms. The summed E-state index contributed by atoms with van der Waals surface area (Å²) < 4.78 is 1.13. The maximum absolute atomic E-state index is 11.7. The van der Waals surface area contributed by atoms with Crippen LogP contribution >= 0.6 is 22.7 Å². The molecule has 21 heavy (non-hydrogen) atoms. The molecule has 1 atom stereocenters. The number of fused-ring (bicyclic) bond motifs is 1. The Labute approximate surface area is 130 Å². The van der Waals surface area contributed by atoms with E-state index in [0.29, 0.717) is 0 Å². The standard InChI is InChI=1S/C15H14N2O2S2/c18-12(8-16-15(19)17-14-6-3-7-20-14)11-9-21-13-5-2-1-4-10(11)13/h1-7,9,12,18H,8H2,(H2,16,17,19). The summed E-state index contributed by atoms with van der Waals surface area (Å²) in [6, 6.07) is 11.3. The first kappa shape index (κ1) is 14.1. The minimum absolute atomic E-state index is 0.179. The molecule has 2 amide bonds. The molecule has 4 nitrogen and oxygen atoms in total. The minimum atomic E-state index is -0.713. The molecule has 2 heterocycles. The molecular weight excluding hydrogens is 304 g/mol. The number of rotatable bonds is 4. The Balaban J connectivity index is 1.61. The van der Waals surface area contributed by atoms with E-state index in [2.05, 4.69) is 10.6 Å². The SMILES string of the molecule is O=C(NCC(O)c1csc2ccccc12)Nc1cccs1. The summed E-state index contributed by atoms with van der Waals surface area (Å²) in [5, 5.41) is 21.3. The first-order valence-electron chi connectivity index (χ1n) is 6.46. The van der Waals surface area contributed by atoms with Crippen molar-refractivity contribution in [3.05, 3.63) is 52.7 Å². The van der Waals surface area contributed by atoms with Crippen LogP contribution in [0.25, 0.3) is 10.1 Å². The number of benzene rings is 1. The number of hydrogen-bond acceptors (Lipinski definition) is 4. The largest absolute Gasteiger partial charge is 0.387 e. The molecule has 0 saturated carbocycles. The fourth-order valence-electron chi connectivity index (χ4n) is 2.06. The van der Waals surface area contributed by atoms with Crippen LogP contribution in [0.5, 0.6) is 0 Å². The number of carbonyl (C=O) groups is 1. The number of amides is 2. The van der Waals surface area contributed by atoms with E-state index < -0.39 is 6.10 Å². The van der Waals surface area contributed by atoms with Gasteiger partial charge in [-0.05, 0) is 34.3 Å². The normalized spacial score (nSPS) is 12.2. The van der Waals surface area contributed by atoms with Crippen molar-refractivity contribution in [1.29, 1.82) is 0 Å². The van der Waals surface area contributed by atoms with Gasteiger partial charge in [-0.3, -0.25) is 5.32 Å². The van der Waals surface area contributed by atoms with E-state index in [1.54, 1.807) is 11.3 Å². The average Bonchev–Trinajstić information content (AvgIpc) is 3.13. The van der Waals surface area contributed by atoms with Gasteiger partial charge in [0.15, 0.2) is 0 Å². The van der Waals surface area contributed by atoms with E-state index in [0.717, 1.165) is 20.7 Å². The van der Waals surface area contributed by atoms with Gasteiger partial charge < -0.3 is 10.4 Å². The quantitative estimate of drug-likeness (QED) is 0.685. The summed E-state index contributed by atoms with van der Waals surface area (Å²) in [5.41, 5.74) is 0.854. The molecule has 0 fully saturated rings. The summed E-state index contributed by atoms with van der Waals surface area (Å²) in [6.45, 7) is 0.179. The van der Waals surface area contributed by atoms with Crippen LogP contribution in [0, 0.1) is 0 Å². The van der Waals surface area contributed by atoms with Gasteiger partial charge >= 0.3 is 6.03 Å². The molecule has 1 aromatic carbocycles. The highest BCUT2D eigenvalue weighted by molar-refractivity contribution is 7.17. The number of aliphatic hydroxyl groups is 1. The maximum atomic E-state index is 11.7. The molecular formula is C15H14N2O2S2. The molecule has 2 aromatic heterocycles. The summed E-state index contributed by atoms with van der Waals surface area (Å²) >= 11 is 3.05. The number of hydrogen-bond donors (Lipinski definition) is 3. The van der Waals surface area contributed by atoms with Crippen LogP contribution in [0.4, 0.5) is 9.80 Å². The fourth-order valence-corrected chi connectivity index (χ4v) is 3.68. The predicted octanol–water partition coefficient (Wildman–Crippen LogP) is 3.82. The molecule has 6 heteroatoms. The molecule has 0 saturated heterocycles. The highest BCUT2D eigenvalue weighted by Gasteiger charge is 2.14. The van der Waals surface area contributed by atoms with Crippen molar-refractivity contribution in [2.45, 2.75) is 6.10 Å². The van der Waals surface area contributed by atoms with Gasteiger partial charge in [-0.1, -0.05) is 18.2 Å². The Morgan fingerprint density at radius 2 is 2.05 bits per heavy atom. The van der Waals surface area contributed by atoms with Crippen LogP contribution in [0.2, 0.25) is 0 Å². The summed E-state index contributed by atoms with van der Waals surface area (Å²) in [4.78, 5) is 11.7. The zero-order chi connectivity index (χ0) is 14.7. The van der Waals surface area contributed by atoms with Crippen molar-refractivity contribution < 1.29 is 9.90 Å². The van der Waals surface area contributed by atoms with Crippen molar-refractivity contribution in [3.63, 3.8) is 0 Å². The second kappa shape index (κ2) is 6.26. The van der Waals surface area contributed by atoms with Crippen molar-refractivity contribution in [2.24, 2.45) is 0 Å². The Kier molecular flexibility index (Phi) is 4.19. The van der Waals surface area contributed by atoms with Crippen LogP contribution in [0.3, 0.4) is 0 Å². The van der Waals surface area contributed by atoms with E-state index in [1.165, 1.54) is 11.3 Å². The lowest BCUT2D eigenvalue weighted by Gasteiger charge is -2.11. The number of urea groups is 1. The highest BCUT2D eigenvalue weighted by Crippen LogP contribution is 2.29. The zero-order valence-electron chi connectivity index (χ0n) is 11.1. The van der Waals surface area contributed by atoms with E-state index >= 15 is 0 Å². The summed E-state index contributed by atoms with van der Waals surface area (Å²) in [7, 11) is 0. The highest BCUT2D eigenvalue weighted by atomic mass is 32.1. The van der Waals surface area contributed by atoms with Crippen LogP contribution in [-0.4, -0.2) is 17.7 Å². The molecule has 0 radical (unpaired) electrons. The molecule has 3 aromatic rings. The Morgan fingerprint density at radius 1 is 1.19 bits per heavy atom. The van der Waals surface area contributed by atoms with Crippen LogP contribution in [0.1, 0.15) is 11.7 Å². The number of nitrogens with one attached hydrogen (secondary N) is 2. The number of anilines is 1. The summed E-state index contributed by atoms with van der Waals surface area (Å²) in [6.07, 6.45) is -0.713. The molecule has 0 aliphatic carbocycles. The number of thiophene rings is 2. The Bertz CT molecular complexity index is 737. The van der Waals surface area contributed by atoms with Gasteiger partial charge in [-0.25, -0.2) is 4.79 Å². The van der Waals surface area contributed by atoms with Gasteiger partial charge in [-0.2, -0.15) is 0 Å². The fraction of sp³-hybridized carbons (Fsp3) is 0.133. The van der Waals surface area contributed by atoms with E-state index in [9.17, 15) is 9.90 Å². The smallest absolute Gasteiger partial charge is 0.319 e. The van der Waals surface area contributed by atoms with Crippen molar-refractivity contribution in [3.8, 4) is 0 Å². The van der Waals surface area contributed by atoms with E-state index in [1.807, 2.05) is 47.2 Å². The van der Waals surface area contributed by atoms with Gasteiger partial charge in [0.25, 0.3) is 0 Å². The summed E-state index contributed by atoms with van der Waals surface area (Å²) in [5.74, 6) is 0. The zero-order valence-corrected chi connectivity index (χ0v) is 12.7. The number of aliphatic hydroxyl groups excluding tert-OH is 1.